The van der Waals surface area contributed by atoms with Crippen LogP contribution in [0.5, 0.6) is 0 Å². The summed E-state index contributed by atoms with van der Waals surface area (Å²) in [6.45, 7) is 29.5. The molecule has 0 amide bonds. The molecule has 89 heavy (non-hydrogen) atoms. The summed E-state index contributed by atoms with van der Waals surface area (Å²) in [5.74, 6) is 0. The molecule has 6 nitrogen and oxygen atoms in total. The first-order valence-electron chi connectivity index (χ1n) is 31.5. The SMILES string of the molecule is Cc1ccc(N(c2ccc(C)cc2)c2ccc(N3c4ccc(C(C)(C)C)cc4B4c5cc(C(C)(C)C)ccc5N(c5ccc(N(c6ccc(C)cc6)c6ccc(C)cc6)c6c5oc5ccccc56)c5cc(C(C)(C)C)cc3c54)c3oc4ccccc4c23)cc1. The lowest BCUT2D eigenvalue weighted by Crippen LogP contribution is -2.61. The van der Waals surface area contributed by atoms with Crippen molar-refractivity contribution in [1.82, 2.24) is 0 Å². The number of fused-ring (bicyclic) bond motifs is 10. The molecule has 2 aliphatic heterocycles. The van der Waals surface area contributed by atoms with E-state index in [1.807, 2.05) is 0 Å². The molecule has 0 radical (unpaired) electrons. The van der Waals surface area contributed by atoms with E-state index in [0.29, 0.717) is 0 Å². The zero-order valence-electron chi connectivity index (χ0n) is 53.5. The van der Waals surface area contributed by atoms with Crippen molar-refractivity contribution in [3.8, 4) is 0 Å². The van der Waals surface area contributed by atoms with E-state index in [-0.39, 0.29) is 23.0 Å². The number of nitrogens with zero attached hydrogens (tertiary/aromatic N) is 4. The van der Waals surface area contributed by atoms with Gasteiger partial charge in [-0.2, -0.15) is 0 Å². The number of furan rings is 2. The fourth-order valence-corrected chi connectivity index (χ4v) is 13.8. The Labute approximate surface area is 524 Å². The van der Waals surface area contributed by atoms with Crippen molar-refractivity contribution in [1.29, 1.82) is 0 Å². The van der Waals surface area contributed by atoms with Crippen LogP contribution in [0.15, 0.2) is 227 Å². The Morgan fingerprint density at radius 1 is 0.326 bits per heavy atom. The molecule has 0 N–H and O–H groups in total. The third kappa shape index (κ3) is 9.22. The molecule has 0 spiro atoms. The fraction of sp³-hybridized carbons (Fsp3) is 0.195. The van der Waals surface area contributed by atoms with Crippen molar-refractivity contribution >= 4 is 135 Å². The van der Waals surface area contributed by atoms with Crippen LogP contribution in [0.2, 0.25) is 0 Å². The van der Waals surface area contributed by atoms with E-state index in [4.69, 9.17) is 8.83 Å². The van der Waals surface area contributed by atoms with Gasteiger partial charge in [0.05, 0.1) is 33.5 Å². The maximum Gasteiger partial charge on any atom is 0.252 e. The second-order valence-electron chi connectivity index (χ2n) is 28.2. The van der Waals surface area contributed by atoms with Gasteiger partial charge in [-0.15, -0.1) is 0 Å². The van der Waals surface area contributed by atoms with Crippen LogP contribution in [-0.2, 0) is 16.2 Å². The molecular formula is C82H75BN4O2. The van der Waals surface area contributed by atoms with Crippen molar-refractivity contribution in [3.05, 3.63) is 257 Å². The van der Waals surface area contributed by atoms with E-state index in [2.05, 4.69) is 328 Å². The average Bonchev–Trinajstić information content (AvgIpc) is 1.41. The van der Waals surface area contributed by atoms with Crippen LogP contribution in [0.4, 0.5) is 68.2 Å². The van der Waals surface area contributed by atoms with Gasteiger partial charge in [-0.1, -0.05) is 194 Å². The number of aryl methyl sites for hydroxylation is 4. The van der Waals surface area contributed by atoms with Gasteiger partial charge in [0, 0.05) is 56.3 Å². The van der Waals surface area contributed by atoms with Gasteiger partial charge in [0.25, 0.3) is 6.71 Å². The average molecular weight is 1160 g/mol. The van der Waals surface area contributed by atoms with E-state index >= 15 is 0 Å². The van der Waals surface area contributed by atoms with E-state index in [0.717, 1.165) is 112 Å². The summed E-state index contributed by atoms with van der Waals surface area (Å²) in [6, 6.07) is 81.6. The molecule has 0 saturated heterocycles. The third-order valence-electron chi connectivity index (χ3n) is 18.8. The highest BCUT2D eigenvalue weighted by Gasteiger charge is 2.46. The van der Waals surface area contributed by atoms with Crippen LogP contribution in [0.1, 0.15) is 101 Å². The molecule has 11 aromatic carbocycles. The first kappa shape index (κ1) is 55.8. The van der Waals surface area contributed by atoms with Gasteiger partial charge in [0.2, 0.25) is 0 Å². The van der Waals surface area contributed by atoms with Crippen molar-refractivity contribution in [2.24, 2.45) is 0 Å². The minimum absolute atomic E-state index is 0.140. The van der Waals surface area contributed by atoms with E-state index in [1.54, 1.807) is 0 Å². The van der Waals surface area contributed by atoms with Crippen LogP contribution in [0, 0.1) is 27.7 Å². The van der Waals surface area contributed by atoms with Crippen LogP contribution < -0.4 is 36.0 Å². The van der Waals surface area contributed by atoms with E-state index in [1.165, 1.54) is 55.3 Å². The smallest absolute Gasteiger partial charge is 0.252 e. The van der Waals surface area contributed by atoms with Crippen LogP contribution in [0.3, 0.4) is 0 Å². The molecule has 7 heteroatoms. The van der Waals surface area contributed by atoms with Gasteiger partial charge in [0.1, 0.15) is 11.2 Å². The zero-order valence-corrected chi connectivity index (χ0v) is 53.5. The molecule has 0 fully saturated rings. The van der Waals surface area contributed by atoms with Crippen molar-refractivity contribution in [2.45, 2.75) is 106 Å². The largest absolute Gasteiger partial charge is 0.454 e. The fourth-order valence-electron chi connectivity index (χ4n) is 13.8. The first-order valence-corrected chi connectivity index (χ1v) is 31.5. The summed E-state index contributed by atoms with van der Waals surface area (Å²) >= 11 is 0. The highest BCUT2D eigenvalue weighted by molar-refractivity contribution is 7.00. The Bertz CT molecular complexity index is 4560. The topological polar surface area (TPSA) is 39.2 Å². The van der Waals surface area contributed by atoms with E-state index in [9.17, 15) is 0 Å². The molecule has 2 aromatic heterocycles. The molecule has 2 aliphatic rings. The monoisotopic (exact) mass is 1160 g/mol. The van der Waals surface area contributed by atoms with Crippen LogP contribution in [0.25, 0.3) is 43.9 Å². The van der Waals surface area contributed by atoms with Gasteiger partial charge in [-0.25, -0.2) is 0 Å². The quantitative estimate of drug-likeness (QED) is 0.141. The number of hydrogen-bond donors (Lipinski definition) is 0. The highest BCUT2D eigenvalue weighted by Crippen LogP contribution is 2.54. The second-order valence-corrected chi connectivity index (χ2v) is 28.2. The first-order chi connectivity index (χ1) is 42.7. The minimum Gasteiger partial charge on any atom is -0.454 e. The number of benzene rings is 11. The van der Waals surface area contributed by atoms with Gasteiger partial charge in [-0.05, 0) is 186 Å². The van der Waals surface area contributed by atoms with E-state index < -0.39 is 0 Å². The maximum atomic E-state index is 7.43. The lowest BCUT2D eigenvalue weighted by atomic mass is 9.33. The Kier molecular flexibility index (Phi) is 12.8. The molecule has 438 valence electrons. The summed E-state index contributed by atoms with van der Waals surface area (Å²) in [7, 11) is 0. The molecule has 15 rings (SSSR count). The molecule has 0 aliphatic carbocycles. The Balaban J connectivity index is 1.05. The van der Waals surface area contributed by atoms with Gasteiger partial charge < -0.3 is 28.4 Å². The summed E-state index contributed by atoms with van der Waals surface area (Å²) in [5, 5.41) is 4.22. The summed E-state index contributed by atoms with van der Waals surface area (Å²) < 4.78 is 14.9. The van der Waals surface area contributed by atoms with Gasteiger partial charge in [0.15, 0.2) is 11.2 Å². The molecule has 0 saturated carbocycles. The highest BCUT2D eigenvalue weighted by atomic mass is 16.3. The van der Waals surface area contributed by atoms with Crippen molar-refractivity contribution in [2.75, 3.05) is 19.6 Å². The predicted octanol–water partition coefficient (Wildman–Crippen LogP) is 21.6. The molecule has 13 aromatic rings. The normalized spacial score (nSPS) is 13.2. The summed E-state index contributed by atoms with van der Waals surface area (Å²) in [5.41, 5.74) is 28.0. The Morgan fingerprint density at radius 3 is 0.989 bits per heavy atom. The van der Waals surface area contributed by atoms with Crippen LogP contribution in [-0.4, -0.2) is 6.71 Å². The number of anilines is 12. The number of hydrogen-bond acceptors (Lipinski definition) is 6. The standard InChI is InChI=1S/C82H75BN4O2/c1-50-22-32-57(33-23-50)84(58-34-24-51(2)25-35-58)67-42-44-69(78-75(67)61-18-14-16-20-73(61)88-78)86-65-40-30-54(80(5,6)7)46-63(65)83-64-47-55(81(8,9)10)31-41-66(64)87(72-49-56(82(11,12)13)48-71(86)77(72)83)70-45-43-68(76-62-19-15-17-21-74(62)89-79(70)76)85(59-36-26-52(3)27-37-59)60-38-28-53(4)29-39-60/h14-49H,1-13H3. The number of para-hydroxylation sites is 2. The summed E-state index contributed by atoms with van der Waals surface area (Å²) in [4.78, 5) is 9.91. The van der Waals surface area contributed by atoms with Gasteiger partial charge in [-0.3, -0.25) is 0 Å². The Morgan fingerprint density at radius 2 is 0.652 bits per heavy atom. The molecular weight excluding hydrogens is 1080 g/mol. The molecule has 0 atom stereocenters. The third-order valence-corrected chi connectivity index (χ3v) is 18.8. The lowest BCUT2D eigenvalue weighted by molar-refractivity contribution is 0.589. The lowest BCUT2D eigenvalue weighted by Gasteiger charge is -2.45. The van der Waals surface area contributed by atoms with Gasteiger partial charge >= 0.3 is 0 Å². The molecule has 4 heterocycles. The zero-order chi connectivity index (χ0) is 61.6. The minimum atomic E-state index is -0.270. The number of rotatable bonds is 8. The second kappa shape index (κ2) is 20.4. The Hall–Kier alpha value is -9.72. The maximum absolute atomic E-state index is 7.43. The summed E-state index contributed by atoms with van der Waals surface area (Å²) in [6.07, 6.45) is 0. The van der Waals surface area contributed by atoms with Crippen molar-refractivity contribution < 1.29 is 8.83 Å². The van der Waals surface area contributed by atoms with Crippen LogP contribution >= 0.6 is 0 Å². The van der Waals surface area contributed by atoms with Crippen molar-refractivity contribution in [3.63, 3.8) is 0 Å². The molecule has 0 bridgehead atoms. The predicted molar refractivity (Wildman–Crippen MR) is 379 cm³/mol. The molecule has 0 unspecified atom stereocenters.